The number of fused-ring (bicyclic) bond motifs is 1. The van der Waals surface area contributed by atoms with E-state index in [1.165, 1.54) is 0 Å². The van der Waals surface area contributed by atoms with E-state index in [1.807, 2.05) is 0 Å². The molecule has 3 aromatic rings. The summed E-state index contributed by atoms with van der Waals surface area (Å²) in [5.41, 5.74) is 6.60. The van der Waals surface area contributed by atoms with E-state index in [-0.39, 0.29) is 11.7 Å². The first-order valence-corrected chi connectivity index (χ1v) is 8.91. The number of primary amides is 1. The number of carbonyl (C=O) groups is 2. The van der Waals surface area contributed by atoms with Crippen LogP contribution in [0, 0.1) is 0 Å². The molecule has 3 N–H and O–H groups in total. The maximum atomic E-state index is 12.2. The summed E-state index contributed by atoms with van der Waals surface area (Å²) in [6, 6.07) is 8.65. The van der Waals surface area contributed by atoms with Gasteiger partial charge < -0.3 is 20.4 Å². The fraction of sp³-hybridized carbons (Fsp3) is 0.263. The number of nitrogens with zero attached hydrogens (tertiary/aromatic N) is 3. The molecule has 0 unspecified atom stereocenters. The summed E-state index contributed by atoms with van der Waals surface area (Å²) in [6.45, 7) is 5.36. The molecule has 28 heavy (non-hydrogen) atoms. The summed E-state index contributed by atoms with van der Waals surface area (Å²) >= 11 is 5.74. The third-order valence-electron chi connectivity index (χ3n) is 3.77. The number of benzene rings is 1. The second-order valence-corrected chi connectivity index (χ2v) is 7.61. The average Bonchev–Trinajstić information content (AvgIpc) is 2.93. The molecule has 0 aliphatic carbocycles. The molecule has 8 nitrogen and oxygen atoms in total. The van der Waals surface area contributed by atoms with Gasteiger partial charge in [0.15, 0.2) is 11.0 Å². The van der Waals surface area contributed by atoms with Gasteiger partial charge in [0.05, 0.1) is 5.56 Å². The van der Waals surface area contributed by atoms with Crippen LogP contribution >= 0.6 is 11.6 Å². The number of hydrogen-bond acceptors (Lipinski definition) is 6. The summed E-state index contributed by atoms with van der Waals surface area (Å²) in [4.78, 5) is 24.1. The lowest BCUT2D eigenvalue weighted by Gasteiger charge is -2.19. The lowest BCUT2D eigenvalue weighted by molar-refractivity contribution is -0.155. The van der Waals surface area contributed by atoms with Crippen molar-refractivity contribution in [2.75, 3.05) is 5.32 Å². The number of nitrogens with two attached hydrogens (primary N) is 1. The number of esters is 1. The predicted molar refractivity (Wildman–Crippen MR) is 107 cm³/mol. The SMILES string of the molecule is CC(C)(C)OC(=O)Cn1cc(C(N)=O)c2cc(Nc3ccc(Cl)nn3)ccc21. The van der Waals surface area contributed by atoms with Crippen molar-refractivity contribution in [1.82, 2.24) is 14.8 Å². The number of ether oxygens (including phenoxy) is 1. The van der Waals surface area contributed by atoms with Crippen LogP contribution in [-0.4, -0.2) is 32.2 Å². The number of amides is 1. The standard InChI is InChI=1S/C19H20ClN5O3/c1-19(2,3)28-17(26)10-25-9-13(18(21)27)12-8-11(4-5-14(12)25)22-16-7-6-15(20)23-24-16/h4-9H,10H2,1-3H3,(H2,21,27)(H,22,24). The molecule has 0 atom stereocenters. The molecule has 1 aromatic carbocycles. The topological polar surface area (TPSA) is 112 Å². The molecule has 0 spiro atoms. The van der Waals surface area contributed by atoms with Gasteiger partial charge in [-0.3, -0.25) is 9.59 Å². The Bertz CT molecular complexity index is 1040. The number of aromatic nitrogens is 3. The van der Waals surface area contributed by atoms with Crippen LogP contribution < -0.4 is 11.1 Å². The minimum absolute atomic E-state index is 0.0313. The Morgan fingerprint density at radius 2 is 1.96 bits per heavy atom. The van der Waals surface area contributed by atoms with Crippen LogP contribution in [-0.2, 0) is 16.1 Å². The Morgan fingerprint density at radius 3 is 2.57 bits per heavy atom. The largest absolute Gasteiger partial charge is 0.459 e. The van der Waals surface area contributed by atoms with Gasteiger partial charge in [-0.1, -0.05) is 11.6 Å². The van der Waals surface area contributed by atoms with Crippen molar-refractivity contribution in [3.8, 4) is 0 Å². The van der Waals surface area contributed by atoms with Gasteiger partial charge in [-0.05, 0) is 51.1 Å². The molecule has 0 aliphatic heterocycles. The molecule has 0 saturated heterocycles. The van der Waals surface area contributed by atoms with Crippen LogP contribution in [0.5, 0.6) is 0 Å². The zero-order chi connectivity index (χ0) is 20.5. The first kappa shape index (κ1) is 19.6. The van der Waals surface area contributed by atoms with Gasteiger partial charge in [0, 0.05) is 22.8 Å². The Hall–Kier alpha value is -3.13. The summed E-state index contributed by atoms with van der Waals surface area (Å²) in [6.07, 6.45) is 1.56. The summed E-state index contributed by atoms with van der Waals surface area (Å²) in [7, 11) is 0. The number of rotatable bonds is 5. The van der Waals surface area contributed by atoms with E-state index >= 15 is 0 Å². The Balaban J connectivity index is 1.93. The van der Waals surface area contributed by atoms with Crippen LogP contribution in [0.15, 0.2) is 36.5 Å². The molecule has 0 radical (unpaired) electrons. The summed E-state index contributed by atoms with van der Waals surface area (Å²) in [5.74, 6) is -0.493. The molecule has 146 valence electrons. The maximum absolute atomic E-state index is 12.2. The van der Waals surface area contributed by atoms with Crippen molar-refractivity contribution in [3.05, 3.63) is 47.2 Å². The maximum Gasteiger partial charge on any atom is 0.326 e. The average molecular weight is 402 g/mol. The highest BCUT2D eigenvalue weighted by molar-refractivity contribution is 6.29. The van der Waals surface area contributed by atoms with E-state index in [2.05, 4.69) is 15.5 Å². The van der Waals surface area contributed by atoms with Crippen molar-refractivity contribution in [3.63, 3.8) is 0 Å². The molecule has 0 saturated carbocycles. The molecule has 2 aromatic heterocycles. The van der Waals surface area contributed by atoms with Gasteiger partial charge in [0.1, 0.15) is 12.1 Å². The van der Waals surface area contributed by atoms with Crippen LogP contribution in [0.4, 0.5) is 11.5 Å². The number of anilines is 2. The Kier molecular flexibility index (Phi) is 5.24. The quantitative estimate of drug-likeness (QED) is 0.634. The van der Waals surface area contributed by atoms with Gasteiger partial charge in [0.25, 0.3) is 5.91 Å². The number of halogens is 1. The highest BCUT2D eigenvalue weighted by Gasteiger charge is 2.19. The summed E-state index contributed by atoms with van der Waals surface area (Å²) < 4.78 is 7.01. The number of nitrogens with one attached hydrogen (secondary N) is 1. The fourth-order valence-electron chi connectivity index (χ4n) is 2.75. The molecule has 3 rings (SSSR count). The highest BCUT2D eigenvalue weighted by atomic mass is 35.5. The van der Waals surface area contributed by atoms with E-state index < -0.39 is 17.5 Å². The lowest BCUT2D eigenvalue weighted by Crippen LogP contribution is -2.26. The van der Waals surface area contributed by atoms with E-state index in [0.717, 1.165) is 0 Å². The predicted octanol–water partition coefficient (Wildman–Crippen LogP) is 3.27. The highest BCUT2D eigenvalue weighted by Crippen LogP contribution is 2.26. The van der Waals surface area contributed by atoms with E-state index in [4.69, 9.17) is 22.1 Å². The molecule has 2 heterocycles. The van der Waals surface area contributed by atoms with E-state index in [1.54, 1.807) is 61.9 Å². The lowest BCUT2D eigenvalue weighted by atomic mass is 10.1. The number of hydrogen-bond donors (Lipinski definition) is 2. The van der Waals surface area contributed by atoms with Crippen LogP contribution in [0.2, 0.25) is 5.15 Å². The zero-order valence-electron chi connectivity index (χ0n) is 15.7. The van der Waals surface area contributed by atoms with Crippen LogP contribution in [0.1, 0.15) is 31.1 Å². The van der Waals surface area contributed by atoms with Crippen molar-refractivity contribution in [2.45, 2.75) is 32.9 Å². The first-order chi connectivity index (χ1) is 13.1. The minimum Gasteiger partial charge on any atom is -0.459 e. The first-order valence-electron chi connectivity index (χ1n) is 8.53. The fourth-order valence-corrected chi connectivity index (χ4v) is 2.85. The Labute approximate surface area is 166 Å². The smallest absolute Gasteiger partial charge is 0.326 e. The second-order valence-electron chi connectivity index (χ2n) is 7.22. The Morgan fingerprint density at radius 1 is 1.21 bits per heavy atom. The molecular formula is C19H20ClN5O3. The molecule has 9 heteroatoms. The molecular weight excluding hydrogens is 382 g/mol. The van der Waals surface area contributed by atoms with E-state index in [0.29, 0.717) is 28.0 Å². The normalized spacial score (nSPS) is 11.4. The van der Waals surface area contributed by atoms with Gasteiger partial charge in [-0.15, -0.1) is 10.2 Å². The third-order valence-corrected chi connectivity index (χ3v) is 3.97. The monoisotopic (exact) mass is 401 g/mol. The minimum atomic E-state index is -0.594. The van der Waals surface area contributed by atoms with Crippen LogP contribution in [0.3, 0.4) is 0 Å². The molecule has 1 amide bonds. The molecule has 0 fully saturated rings. The van der Waals surface area contributed by atoms with Crippen molar-refractivity contribution >= 4 is 45.9 Å². The van der Waals surface area contributed by atoms with Crippen molar-refractivity contribution in [2.24, 2.45) is 5.73 Å². The van der Waals surface area contributed by atoms with Crippen LogP contribution in [0.25, 0.3) is 10.9 Å². The summed E-state index contributed by atoms with van der Waals surface area (Å²) in [5, 5.41) is 11.7. The van der Waals surface area contributed by atoms with Crippen molar-refractivity contribution < 1.29 is 14.3 Å². The van der Waals surface area contributed by atoms with Gasteiger partial charge in [-0.25, -0.2) is 0 Å². The van der Waals surface area contributed by atoms with Crippen molar-refractivity contribution in [1.29, 1.82) is 0 Å². The van der Waals surface area contributed by atoms with E-state index in [9.17, 15) is 9.59 Å². The van der Waals surface area contributed by atoms with Gasteiger partial charge in [-0.2, -0.15) is 0 Å². The van der Waals surface area contributed by atoms with Gasteiger partial charge >= 0.3 is 5.97 Å². The second kappa shape index (κ2) is 7.47. The number of carbonyl (C=O) groups excluding carboxylic acids is 2. The zero-order valence-corrected chi connectivity index (χ0v) is 16.4. The third kappa shape index (κ3) is 4.58. The molecule has 0 bridgehead atoms. The van der Waals surface area contributed by atoms with Gasteiger partial charge in [0.2, 0.25) is 0 Å². The molecule has 0 aliphatic rings.